The molecule has 0 amide bonds. The number of aryl methyl sites for hydroxylation is 1. The Balaban J connectivity index is 2.28. The summed E-state index contributed by atoms with van der Waals surface area (Å²) in [7, 11) is -3.06. The lowest BCUT2D eigenvalue weighted by Gasteiger charge is -2.27. The number of alkyl halides is 1. The maximum absolute atomic E-state index is 13.7. The first-order valence-corrected chi connectivity index (χ1v) is 9.06. The van der Waals surface area contributed by atoms with Gasteiger partial charge >= 0.3 is 0 Å². The summed E-state index contributed by atoms with van der Waals surface area (Å²) in [4.78, 5) is 4.37. The Labute approximate surface area is 127 Å². The molecule has 0 spiro atoms. The van der Waals surface area contributed by atoms with Gasteiger partial charge in [0, 0.05) is 6.07 Å². The van der Waals surface area contributed by atoms with Crippen LogP contribution < -0.4 is 0 Å². The summed E-state index contributed by atoms with van der Waals surface area (Å²) in [6.45, 7) is 3.58. The topological polar surface area (TPSA) is 52.0 Å². The number of nitrogens with zero attached hydrogens (tertiary/aromatic N) is 2. The van der Waals surface area contributed by atoms with Gasteiger partial charge in [-0.2, -0.15) is 0 Å². The van der Waals surface area contributed by atoms with Gasteiger partial charge in [-0.05, 0) is 31.9 Å². The van der Waals surface area contributed by atoms with Gasteiger partial charge in [0.05, 0.1) is 34.0 Å². The molecule has 2 aromatic rings. The Morgan fingerprint density at radius 1 is 1.48 bits per heavy atom. The predicted molar refractivity (Wildman–Crippen MR) is 80.9 cm³/mol. The third kappa shape index (κ3) is 2.34. The van der Waals surface area contributed by atoms with Crippen molar-refractivity contribution in [2.45, 2.75) is 31.7 Å². The zero-order valence-electron chi connectivity index (χ0n) is 11.9. The number of hydrogen-bond acceptors (Lipinski definition) is 3. The molecule has 7 heteroatoms. The smallest absolute Gasteiger partial charge is 0.152 e. The Morgan fingerprint density at radius 2 is 2.19 bits per heavy atom. The molecule has 1 aromatic carbocycles. The molecular weight excluding hydrogens is 315 g/mol. The molecule has 1 aromatic heterocycles. The summed E-state index contributed by atoms with van der Waals surface area (Å²) < 4.78 is 39.3. The van der Waals surface area contributed by atoms with Crippen LogP contribution in [0.5, 0.6) is 0 Å². The van der Waals surface area contributed by atoms with E-state index in [4.69, 9.17) is 11.6 Å². The maximum Gasteiger partial charge on any atom is 0.152 e. The number of rotatable bonds is 2. The number of aromatic nitrogens is 2. The summed E-state index contributed by atoms with van der Waals surface area (Å²) in [5, 5.41) is 0. The second-order valence-corrected chi connectivity index (χ2v) is 8.38. The van der Waals surface area contributed by atoms with Crippen LogP contribution >= 0.6 is 11.6 Å². The fraction of sp³-hybridized carbons (Fsp3) is 0.500. The largest absolute Gasteiger partial charge is 0.320 e. The van der Waals surface area contributed by atoms with Gasteiger partial charge in [0.25, 0.3) is 0 Å². The second-order valence-electron chi connectivity index (χ2n) is 5.93. The quantitative estimate of drug-likeness (QED) is 0.796. The highest BCUT2D eigenvalue weighted by atomic mass is 35.5. The molecule has 0 bridgehead atoms. The number of fused-ring (bicyclic) bond motifs is 1. The molecule has 1 aliphatic heterocycles. The van der Waals surface area contributed by atoms with Crippen LogP contribution in [0.15, 0.2) is 12.1 Å². The minimum absolute atomic E-state index is 0.0613. The van der Waals surface area contributed by atoms with Crippen molar-refractivity contribution in [3.8, 4) is 0 Å². The normalized spacial score (nSPS) is 24.8. The second kappa shape index (κ2) is 4.68. The standard InChI is InChI=1S/C14H16ClFN2O2S/c1-9-5-12-11(6-10(9)16)17-13(7-15)18(12)14(2)3-4-21(19,20)8-14/h5-6H,3-4,7-8H2,1-2H3. The number of sulfone groups is 1. The van der Waals surface area contributed by atoms with Gasteiger partial charge in [-0.3, -0.25) is 0 Å². The molecule has 114 valence electrons. The van der Waals surface area contributed by atoms with Gasteiger partial charge < -0.3 is 4.57 Å². The van der Waals surface area contributed by atoms with Crippen molar-refractivity contribution < 1.29 is 12.8 Å². The Bertz CT molecular complexity index is 831. The molecule has 1 fully saturated rings. The minimum Gasteiger partial charge on any atom is -0.320 e. The summed E-state index contributed by atoms with van der Waals surface area (Å²) in [6, 6.07) is 3.09. The molecule has 0 saturated carbocycles. The number of benzene rings is 1. The fourth-order valence-corrected chi connectivity index (χ4v) is 5.41. The highest BCUT2D eigenvalue weighted by Crippen LogP contribution is 2.36. The molecule has 2 heterocycles. The van der Waals surface area contributed by atoms with Gasteiger partial charge in [-0.25, -0.2) is 17.8 Å². The van der Waals surface area contributed by atoms with Crippen molar-refractivity contribution in [3.63, 3.8) is 0 Å². The van der Waals surface area contributed by atoms with E-state index in [1.165, 1.54) is 6.07 Å². The lowest BCUT2D eigenvalue weighted by atomic mass is 10.0. The molecule has 0 radical (unpaired) electrons. The van der Waals surface area contributed by atoms with E-state index in [2.05, 4.69) is 4.98 Å². The summed E-state index contributed by atoms with van der Waals surface area (Å²) in [6.07, 6.45) is 0.515. The zero-order valence-corrected chi connectivity index (χ0v) is 13.4. The summed E-state index contributed by atoms with van der Waals surface area (Å²) in [5.74, 6) is 0.635. The maximum atomic E-state index is 13.7. The van der Waals surface area contributed by atoms with E-state index in [1.807, 2.05) is 11.5 Å². The lowest BCUT2D eigenvalue weighted by molar-refractivity contribution is 0.367. The fourth-order valence-electron chi connectivity index (χ4n) is 3.11. The highest BCUT2D eigenvalue weighted by Gasteiger charge is 2.41. The first kappa shape index (κ1) is 14.8. The summed E-state index contributed by atoms with van der Waals surface area (Å²) in [5.41, 5.74) is 1.18. The third-order valence-corrected chi connectivity index (χ3v) is 6.27. The van der Waals surface area contributed by atoms with Gasteiger partial charge in [-0.15, -0.1) is 11.6 Å². The highest BCUT2D eigenvalue weighted by molar-refractivity contribution is 7.91. The van der Waals surface area contributed by atoms with E-state index in [0.29, 0.717) is 23.3 Å². The van der Waals surface area contributed by atoms with E-state index in [1.54, 1.807) is 13.0 Å². The number of hydrogen-bond donors (Lipinski definition) is 0. The molecule has 4 nitrogen and oxygen atoms in total. The van der Waals surface area contributed by atoms with Crippen LogP contribution in [-0.4, -0.2) is 29.5 Å². The molecule has 0 N–H and O–H groups in total. The summed E-state index contributed by atoms with van der Waals surface area (Å²) >= 11 is 5.97. The van der Waals surface area contributed by atoms with Crippen molar-refractivity contribution >= 4 is 32.5 Å². The molecule has 1 saturated heterocycles. The van der Waals surface area contributed by atoms with Gasteiger partial charge in [0.2, 0.25) is 0 Å². The SMILES string of the molecule is Cc1cc2c(cc1F)nc(CCl)n2C1(C)CCS(=O)(=O)C1. The van der Waals surface area contributed by atoms with Crippen LogP contribution in [0.3, 0.4) is 0 Å². The first-order chi connectivity index (χ1) is 9.76. The lowest BCUT2D eigenvalue weighted by Crippen LogP contribution is -2.32. The van der Waals surface area contributed by atoms with Crippen LogP contribution in [0.4, 0.5) is 4.39 Å². The Hall–Kier alpha value is -1.14. The van der Waals surface area contributed by atoms with Crippen molar-refractivity contribution in [3.05, 3.63) is 29.3 Å². The van der Waals surface area contributed by atoms with Crippen molar-refractivity contribution in [1.29, 1.82) is 0 Å². The molecular formula is C14H16ClFN2O2S. The van der Waals surface area contributed by atoms with Crippen LogP contribution in [0, 0.1) is 12.7 Å². The van der Waals surface area contributed by atoms with Gasteiger partial charge in [-0.1, -0.05) is 0 Å². The number of imidazole rings is 1. The molecule has 0 aliphatic carbocycles. The zero-order chi connectivity index (χ0) is 15.4. The monoisotopic (exact) mass is 330 g/mol. The predicted octanol–water partition coefficient (Wildman–Crippen LogP) is 2.76. The van der Waals surface area contributed by atoms with E-state index in [0.717, 1.165) is 5.52 Å². The molecule has 21 heavy (non-hydrogen) atoms. The average Bonchev–Trinajstić information content (AvgIpc) is 2.88. The number of halogens is 2. The Morgan fingerprint density at radius 3 is 2.76 bits per heavy atom. The van der Waals surface area contributed by atoms with Crippen LogP contribution in [0.25, 0.3) is 11.0 Å². The van der Waals surface area contributed by atoms with E-state index >= 15 is 0 Å². The molecule has 1 unspecified atom stereocenters. The van der Waals surface area contributed by atoms with Crippen LogP contribution in [0.2, 0.25) is 0 Å². The van der Waals surface area contributed by atoms with Crippen LogP contribution in [0.1, 0.15) is 24.7 Å². The molecule has 1 atom stereocenters. The van der Waals surface area contributed by atoms with Crippen molar-refractivity contribution in [2.75, 3.05) is 11.5 Å². The van der Waals surface area contributed by atoms with Crippen molar-refractivity contribution in [1.82, 2.24) is 9.55 Å². The first-order valence-electron chi connectivity index (χ1n) is 6.70. The molecule has 3 rings (SSSR count). The average molecular weight is 331 g/mol. The van der Waals surface area contributed by atoms with E-state index in [-0.39, 0.29) is 23.2 Å². The van der Waals surface area contributed by atoms with E-state index in [9.17, 15) is 12.8 Å². The van der Waals surface area contributed by atoms with Gasteiger partial charge in [0.15, 0.2) is 9.84 Å². The minimum atomic E-state index is -3.06. The Kier molecular flexibility index (Phi) is 3.29. The van der Waals surface area contributed by atoms with Crippen LogP contribution in [-0.2, 0) is 21.3 Å². The van der Waals surface area contributed by atoms with E-state index < -0.39 is 15.4 Å². The van der Waals surface area contributed by atoms with Gasteiger partial charge in [0.1, 0.15) is 11.6 Å². The third-order valence-electron chi connectivity index (χ3n) is 4.15. The van der Waals surface area contributed by atoms with Crippen molar-refractivity contribution in [2.24, 2.45) is 0 Å². The molecule has 1 aliphatic rings.